The van der Waals surface area contributed by atoms with Gasteiger partial charge in [0.05, 0.1) is 30.9 Å². The van der Waals surface area contributed by atoms with Crippen molar-refractivity contribution in [2.75, 3.05) is 27.4 Å². The monoisotopic (exact) mass is 547 g/mol. The van der Waals surface area contributed by atoms with Crippen molar-refractivity contribution < 1.29 is 33.3 Å². The second-order valence-electron chi connectivity index (χ2n) is 10.6. The number of rotatable bonds is 9. The Balaban J connectivity index is 1.74. The number of aliphatic hydroxyl groups excluding tert-OH is 1. The third-order valence-electron chi connectivity index (χ3n) is 6.91. The van der Waals surface area contributed by atoms with E-state index in [4.69, 9.17) is 14.2 Å². The van der Waals surface area contributed by atoms with E-state index in [1.807, 2.05) is 26.8 Å². The molecule has 8 heteroatoms. The number of nitrogens with zero attached hydrogens (tertiary/aromatic N) is 1. The summed E-state index contributed by atoms with van der Waals surface area (Å²) in [6.45, 7) is 6.75. The van der Waals surface area contributed by atoms with Gasteiger partial charge in [0.1, 0.15) is 29.7 Å². The minimum absolute atomic E-state index is 0.0227. The molecule has 1 heterocycles. The lowest BCUT2D eigenvalue weighted by molar-refractivity contribution is -0.140. The number of aliphatic hydroxyl groups is 1. The molecular weight excluding hydrogens is 513 g/mol. The third-order valence-corrected chi connectivity index (χ3v) is 6.91. The number of Topliss-reactive ketones (excluding diaryl/α,β-unsaturated/α-hetero) is 1. The first-order valence-electron chi connectivity index (χ1n) is 13.0. The highest BCUT2D eigenvalue weighted by atomic mass is 19.1. The van der Waals surface area contributed by atoms with Crippen molar-refractivity contribution in [3.05, 3.63) is 100 Å². The van der Waals surface area contributed by atoms with E-state index >= 15 is 0 Å². The van der Waals surface area contributed by atoms with E-state index in [1.54, 1.807) is 48.5 Å². The quantitative estimate of drug-likeness (QED) is 0.208. The maximum atomic E-state index is 13.4. The molecule has 0 radical (unpaired) electrons. The molecule has 1 unspecified atom stereocenters. The zero-order valence-corrected chi connectivity index (χ0v) is 23.4. The van der Waals surface area contributed by atoms with E-state index in [9.17, 15) is 19.1 Å². The maximum Gasteiger partial charge on any atom is 0.295 e. The number of benzene rings is 3. The summed E-state index contributed by atoms with van der Waals surface area (Å²) in [5, 5.41) is 11.6. The minimum Gasteiger partial charge on any atom is -0.507 e. The standard InChI is InChI=1S/C32H34FNO6/c1-32(2,3)22-10-15-26(39-5)25(18-22)29(35)27-28(34(16-17-38-4)31(37)30(27)36)21-8-13-24(14-9-21)40-19-20-6-11-23(33)12-7-20/h6-15,18,28,35H,16-17,19H2,1-5H3/b29-27+. The van der Waals surface area contributed by atoms with Crippen LogP contribution in [0.15, 0.2) is 72.3 Å². The fourth-order valence-electron chi connectivity index (χ4n) is 4.65. The Morgan fingerprint density at radius 3 is 2.25 bits per heavy atom. The van der Waals surface area contributed by atoms with Crippen LogP contribution in [0.5, 0.6) is 11.5 Å². The topological polar surface area (TPSA) is 85.3 Å². The number of ketones is 1. The van der Waals surface area contributed by atoms with Gasteiger partial charge in [-0.15, -0.1) is 0 Å². The summed E-state index contributed by atoms with van der Waals surface area (Å²) in [7, 11) is 3.00. The molecule has 0 spiro atoms. The van der Waals surface area contributed by atoms with Crippen molar-refractivity contribution in [2.45, 2.75) is 38.8 Å². The van der Waals surface area contributed by atoms with Gasteiger partial charge in [0.15, 0.2) is 0 Å². The van der Waals surface area contributed by atoms with Gasteiger partial charge in [0.25, 0.3) is 11.7 Å². The first kappa shape index (κ1) is 28.8. The molecule has 0 aromatic heterocycles. The van der Waals surface area contributed by atoms with Crippen molar-refractivity contribution in [2.24, 2.45) is 0 Å². The minimum atomic E-state index is -0.843. The first-order chi connectivity index (χ1) is 19.0. The predicted octanol–water partition coefficient (Wildman–Crippen LogP) is 5.78. The molecule has 4 rings (SSSR count). The molecule has 1 fully saturated rings. The van der Waals surface area contributed by atoms with Crippen molar-refractivity contribution in [3.8, 4) is 11.5 Å². The average Bonchev–Trinajstić information content (AvgIpc) is 3.19. The molecule has 3 aromatic carbocycles. The van der Waals surface area contributed by atoms with Gasteiger partial charge in [-0.05, 0) is 58.5 Å². The molecule has 1 atom stereocenters. The van der Waals surface area contributed by atoms with Gasteiger partial charge in [-0.25, -0.2) is 4.39 Å². The fraction of sp³-hybridized carbons (Fsp3) is 0.312. The Labute approximate surface area is 233 Å². The van der Waals surface area contributed by atoms with Gasteiger partial charge in [-0.2, -0.15) is 0 Å². The Morgan fingerprint density at radius 1 is 0.975 bits per heavy atom. The van der Waals surface area contributed by atoms with Crippen molar-refractivity contribution >= 4 is 17.4 Å². The summed E-state index contributed by atoms with van der Waals surface area (Å²) in [5.74, 6) is -1.17. The summed E-state index contributed by atoms with van der Waals surface area (Å²) in [4.78, 5) is 27.9. The predicted molar refractivity (Wildman–Crippen MR) is 150 cm³/mol. The molecule has 1 aliphatic heterocycles. The largest absolute Gasteiger partial charge is 0.507 e. The number of methoxy groups -OCH3 is 2. The van der Waals surface area contributed by atoms with Crippen LogP contribution in [0.4, 0.5) is 4.39 Å². The van der Waals surface area contributed by atoms with E-state index in [-0.39, 0.29) is 42.3 Å². The number of carbonyl (C=O) groups excluding carboxylic acids is 2. The van der Waals surface area contributed by atoms with E-state index in [1.165, 1.54) is 31.3 Å². The summed E-state index contributed by atoms with van der Waals surface area (Å²) >= 11 is 0. The van der Waals surface area contributed by atoms with Gasteiger partial charge in [0.2, 0.25) is 0 Å². The van der Waals surface area contributed by atoms with Crippen LogP contribution in [0.1, 0.15) is 49.1 Å². The van der Waals surface area contributed by atoms with Gasteiger partial charge in [-0.3, -0.25) is 9.59 Å². The number of ether oxygens (including phenoxy) is 3. The lowest BCUT2D eigenvalue weighted by atomic mass is 9.85. The lowest BCUT2D eigenvalue weighted by Gasteiger charge is -2.26. The van der Waals surface area contributed by atoms with Gasteiger partial charge >= 0.3 is 0 Å². The average molecular weight is 548 g/mol. The first-order valence-corrected chi connectivity index (χ1v) is 13.0. The summed E-state index contributed by atoms with van der Waals surface area (Å²) < 4.78 is 29.7. The summed E-state index contributed by atoms with van der Waals surface area (Å²) in [6.07, 6.45) is 0. The highest BCUT2D eigenvalue weighted by molar-refractivity contribution is 6.46. The van der Waals surface area contributed by atoms with E-state index in [0.29, 0.717) is 22.6 Å². The number of likely N-dealkylation sites (tertiary alicyclic amines) is 1. The van der Waals surface area contributed by atoms with E-state index in [2.05, 4.69) is 0 Å². The van der Waals surface area contributed by atoms with Crippen LogP contribution in [0.25, 0.3) is 5.76 Å². The van der Waals surface area contributed by atoms with Crippen LogP contribution in [-0.4, -0.2) is 49.1 Å². The van der Waals surface area contributed by atoms with Crippen LogP contribution in [0.3, 0.4) is 0 Å². The fourth-order valence-corrected chi connectivity index (χ4v) is 4.65. The number of halogens is 1. The normalized spacial score (nSPS) is 16.9. The van der Waals surface area contributed by atoms with Crippen LogP contribution < -0.4 is 9.47 Å². The smallest absolute Gasteiger partial charge is 0.295 e. The van der Waals surface area contributed by atoms with Crippen molar-refractivity contribution in [1.29, 1.82) is 0 Å². The second kappa shape index (κ2) is 11.9. The molecular formula is C32H34FNO6. The molecule has 1 aliphatic rings. The highest BCUT2D eigenvalue weighted by Gasteiger charge is 2.46. The molecule has 0 saturated carbocycles. The Bertz CT molecular complexity index is 1410. The van der Waals surface area contributed by atoms with Crippen LogP contribution in [-0.2, 0) is 26.3 Å². The van der Waals surface area contributed by atoms with Crippen molar-refractivity contribution in [3.63, 3.8) is 0 Å². The molecule has 1 amide bonds. The van der Waals surface area contributed by atoms with Gasteiger partial charge in [-0.1, -0.05) is 51.1 Å². The van der Waals surface area contributed by atoms with Gasteiger partial charge < -0.3 is 24.2 Å². The molecule has 7 nitrogen and oxygen atoms in total. The Morgan fingerprint density at radius 2 is 1.65 bits per heavy atom. The van der Waals surface area contributed by atoms with Crippen LogP contribution in [0.2, 0.25) is 0 Å². The second-order valence-corrected chi connectivity index (χ2v) is 10.6. The molecule has 1 saturated heterocycles. The molecule has 210 valence electrons. The van der Waals surface area contributed by atoms with Gasteiger partial charge in [0, 0.05) is 13.7 Å². The number of carbonyl (C=O) groups is 2. The maximum absolute atomic E-state index is 13.4. The highest BCUT2D eigenvalue weighted by Crippen LogP contribution is 2.42. The molecule has 3 aromatic rings. The number of hydrogen-bond donors (Lipinski definition) is 1. The zero-order chi connectivity index (χ0) is 29.0. The summed E-state index contributed by atoms with van der Waals surface area (Å²) in [6, 6.07) is 17.6. The number of hydrogen-bond acceptors (Lipinski definition) is 6. The third kappa shape index (κ3) is 6.02. The SMILES string of the molecule is COCCN1C(=O)C(=O)/C(=C(/O)c2cc(C(C)(C)C)ccc2OC)C1c1ccc(OCc2ccc(F)cc2)cc1. The van der Waals surface area contributed by atoms with Crippen LogP contribution in [0, 0.1) is 5.82 Å². The van der Waals surface area contributed by atoms with Crippen LogP contribution >= 0.6 is 0 Å². The molecule has 0 bridgehead atoms. The van der Waals surface area contributed by atoms with Crippen molar-refractivity contribution in [1.82, 2.24) is 4.90 Å². The lowest BCUT2D eigenvalue weighted by Crippen LogP contribution is -2.32. The molecule has 40 heavy (non-hydrogen) atoms. The van der Waals surface area contributed by atoms with E-state index in [0.717, 1.165) is 11.1 Å². The zero-order valence-electron chi connectivity index (χ0n) is 23.4. The Kier molecular flexibility index (Phi) is 8.59. The molecule has 0 aliphatic carbocycles. The Hall–Kier alpha value is -4.17. The molecule has 1 N–H and O–H groups in total. The summed E-state index contributed by atoms with van der Waals surface area (Å²) in [5.41, 5.74) is 2.45. The van der Waals surface area contributed by atoms with E-state index < -0.39 is 17.7 Å². The number of amides is 1.